The van der Waals surface area contributed by atoms with Crippen LogP contribution in [0, 0.1) is 17.8 Å². The molecule has 84 valence electrons. The van der Waals surface area contributed by atoms with Gasteiger partial charge in [-0.2, -0.15) is 0 Å². The summed E-state index contributed by atoms with van der Waals surface area (Å²) in [5, 5.41) is 9.37. The number of rotatable bonds is 3. The van der Waals surface area contributed by atoms with Crippen molar-refractivity contribution in [3.05, 3.63) is 0 Å². The quantitative estimate of drug-likeness (QED) is 0.751. The van der Waals surface area contributed by atoms with Gasteiger partial charge in [0.1, 0.15) is 0 Å². The lowest BCUT2D eigenvalue weighted by Gasteiger charge is -2.38. The van der Waals surface area contributed by atoms with Gasteiger partial charge in [0.05, 0.1) is 6.10 Å². The maximum absolute atomic E-state index is 9.37. The highest BCUT2D eigenvalue weighted by Crippen LogP contribution is 2.27. The molecule has 0 aromatic rings. The minimum absolute atomic E-state index is 0.187. The first-order valence-electron chi connectivity index (χ1n) is 5.89. The van der Waals surface area contributed by atoms with Gasteiger partial charge < -0.3 is 10.0 Å². The third-order valence-corrected chi connectivity index (χ3v) is 3.23. The van der Waals surface area contributed by atoms with E-state index in [4.69, 9.17) is 0 Å². The maximum Gasteiger partial charge on any atom is 0.0639 e. The number of hydrogen-bond acceptors (Lipinski definition) is 2. The standard InChI is InChI=1S/C12H25NO/c1-9(2)12-5-10(3)6-13(8-12)7-11(4)14/h9-12,14H,5-8H2,1-4H3. The first-order valence-corrected chi connectivity index (χ1v) is 5.89. The Balaban J connectivity index is 2.45. The number of piperidine rings is 1. The highest BCUT2D eigenvalue weighted by Gasteiger charge is 2.26. The normalized spacial score (nSPS) is 32.1. The molecule has 0 bridgehead atoms. The van der Waals surface area contributed by atoms with Crippen molar-refractivity contribution in [1.29, 1.82) is 0 Å². The Hall–Kier alpha value is -0.0800. The number of hydrogen-bond donors (Lipinski definition) is 1. The van der Waals surface area contributed by atoms with Gasteiger partial charge in [-0.1, -0.05) is 20.8 Å². The summed E-state index contributed by atoms with van der Waals surface area (Å²) in [5.74, 6) is 2.38. The molecule has 1 N–H and O–H groups in total. The minimum Gasteiger partial charge on any atom is -0.392 e. The van der Waals surface area contributed by atoms with E-state index in [1.54, 1.807) is 0 Å². The lowest BCUT2D eigenvalue weighted by molar-refractivity contribution is 0.0616. The van der Waals surface area contributed by atoms with Gasteiger partial charge >= 0.3 is 0 Å². The van der Waals surface area contributed by atoms with Crippen LogP contribution in [-0.4, -0.2) is 35.7 Å². The van der Waals surface area contributed by atoms with E-state index in [9.17, 15) is 5.11 Å². The smallest absolute Gasteiger partial charge is 0.0639 e. The van der Waals surface area contributed by atoms with Crippen LogP contribution in [0.3, 0.4) is 0 Å². The number of nitrogens with zero attached hydrogens (tertiary/aromatic N) is 1. The van der Waals surface area contributed by atoms with Gasteiger partial charge in [0.2, 0.25) is 0 Å². The topological polar surface area (TPSA) is 23.5 Å². The molecule has 0 aromatic heterocycles. The number of likely N-dealkylation sites (tertiary alicyclic amines) is 1. The minimum atomic E-state index is -0.187. The van der Waals surface area contributed by atoms with Crippen LogP contribution >= 0.6 is 0 Å². The maximum atomic E-state index is 9.37. The Kier molecular flexibility index (Phi) is 4.39. The SMILES string of the molecule is CC(O)CN1CC(C)CC(C(C)C)C1. The summed E-state index contributed by atoms with van der Waals surface area (Å²) in [4.78, 5) is 2.42. The molecule has 2 heteroatoms. The van der Waals surface area contributed by atoms with Crippen molar-refractivity contribution in [3.63, 3.8) is 0 Å². The molecule has 0 amide bonds. The highest BCUT2D eigenvalue weighted by molar-refractivity contribution is 4.79. The van der Waals surface area contributed by atoms with Crippen LogP contribution in [0.4, 0.5) is 0 Å². The van der Waals surface area contributed by atoms with E-state index in [1.807, 2.05) is 6.92 Å². The van der Waals surface area contributed by atoms with E-state index >= 15 is 0 Å². The fourth-order valence-electron chi connectivity index (χ4n) is 2.52. The van der Waals surface area contributed by atoms with Crippen LogP contribution in [0.2, 0.25) is 0 Å². The molecule has 14 heavy (non-hydrogen) atoms. The van der Waals surface area contributed by atoms with Crippen LogP contribution in [0.1, 0.15) is 34.1 Å². The van der Waals surface area contributed by atoms with Crippen LogP contribution in [0.15, 0.2) is 0 Å². The molecule has 3 atom stereocenters. The van der Waals surface area contributed by atoms with Gasteiger partial charge in [-0.25, -0.2) is 0 Å². The summed E-state index contributed by atoms with van der Waals surface area (Å²) >= 11 is 0. The second kappa shape index (κ2) is 5.13. The monoisotopic (exact) mass is 199 g/mol. The summed E-state index contributed by atoms with van der Waals surface area (Å²) in [6.07, 6.45) is 1.17. The molecular formula is C12H25NO. The molecule has 0 aliphatic carbocycles. The Bertz CT molecular complexity index is 166. The van der Waals surface area contributed by atoms with E-state index in [0.29, 0.717) is 0 Å². The molecule has 0 radical (unpaired) electrons. The average Bonchev–Trinajstić information content (AvgIpc) is 2.01. The van der Waals surface area contributed by atoms with E-state index in [0.717, 1.165) is 30.8 Å². The third-order valence-electron chi connectivity index (χ3n) is 3.23. The van der Waals surface area contributed by atoms with Crippen molar-refractivity contribution >= 4 is 0 Å². The third kappa shape index (κ3) is 3.58. The molecule has 1 saturated heterocycles. The van der Waals surface area contributed by atoms with Gasteiger partial charge in [-0.15, -0.1) is 0 Å². The molecule has 3 unspecified atom stereocenters. The van der Waals surface area contributed by atoms with Crippen molar-refractivity contribution in [2.45, 2.75) is 40.2 Å². The molecular weight excluding hydrogens is 174 g/mol. The molecule has 1 rings (SSSR count). The number of β-amino-alcohol motifs (C(OH)–C–C–N with tert-alkyl or cyclic N) is 1. The van der Waals surface area contributed by atoms with Gasteiger partial charge in [-0.05, 0) is 31.1 Å². The summed E-state index contributed by atoms with van der Waals surface area (Å²) < 4.78 is 0. The summed E-state index contributed by atoms with van der Waals surface area (Å²) in [5.41, 5.74) is 0. The van der Waals surface area contributed by atoms with Crippen molar-refractivity contribution in [2.24, 2.45) is 17.8 Å². The molecule has 0 aromatic carbocycles. The fourth-order valence-corrected chi connectivity index (χ4v) is 2.52. The molecule has 2 nitrogen and oxygen atoms in total. The average molecular weight is 199 g/mol. The molecule has 1 fully saturated rings. The molecule has 0 saturated carbocycles. The molecule has 1 aliphatic rings. The molecule has 1 aliphatic heterocycles. The van der Waals surface area contributed by atoms with Crippen molar-refractivity contribution < 1.29 is 5.11 Å². The second-order valence-corrected chi connectivity index (χ2v) is 5.41. The van der Waals surface area contributed by atoms with Gasteiger partial charge in [0.15, 0.2) is 0 Å². The lowest BCUT2D eigenvalue weighted by Crippen LogP contribution is -2.44. The predicted molar refractivity (Wildman–Crippen MR) is 60.2 cm³/mol. The zero-order chi connectivity index (χ0) is 10.7. The first kappa shape index (κ1) is 12.0. The van der Waals surface area contributed by atoms with Crippen LogP contribution in [0.5, 0.6) is 0 Å². The summed E-state index contributed by atoms with van der Waals surface area (Å²) in [6, 6.07) is 0. The van der Waals surface area contributed by atoms with Crippen molar-refractivity contribution in [3.8, 4) is 0 Å². The van der Waals surface area contributed by atoms with Crippen LogP contribution in [-0.2, 0) is 0 Å². The Morgan fingerprint density at radius 1 is 1.29 bits per heavy atom. The predicted octanol–water partition coefficient (Wildman–Crippen LogP) is 1.98. The molecule has 1 heterocycles. The van der Waals surface area contributed by atoms with E-state index in [-0.39, 0.29) is 6.10 Å². The highest BCUT2D eigenvalue weighted by atomic mass is 16.3. The van der Waals surface area contributed by atoms with Crippen LogP contribution < -0.4 is 0 Å². The van der Waals surface area contributed by atoms with Gasteiger partial charge in [-0.3, -0.25) is 0 Å². The van der Waals surface area contributed by atoms with Gasteiger partial charge in [0, 0.05) is 19.6 Å². The fraction of sp³-hybridized carbons (Fsp3) is 1.00. The van der Waals surface area contributed by atoms with Gasteiger partial charge in [0.25, 0.3) is 0 Å². The largest absolute Gasteiger partial charge is 0.392 e. The van der Waals surface area contributed by atoms with E-state index in [1.165, 1.54) is 13.0 Å². The Labute approximate surface area is 88.3 Å². The van der Waals surface area contributed by atoms with Crippen molar-refractivity contribution in [1.82, 2.24) is 4.90 Å². The van der Waals surface area contributed by atoms with Crippen LogP contribution in [0.25, 0.3) is 0 Å². The van der Waals surface area contributed by atoms with E-state index in [2.05, 4.69) is 25.7 Å². The zero-order valence-corrected chi connectivity index (χ0v) is 10.0. The molecule has 0 spiro atoms. The zero-order valence-electron chi connectivity index (χ0n) is 10.0. The summed E-state index contributed by atoms with van der Waals surface area (Å²) in [6.45, 7) is 12.0. The summed E-state index contributed by atoms with van der Waals surface area (Å²) in [7, 11) is 0. The lowest BCUT2D eigenvalue weighted by atomic mass is 9.83. The number of aliphatic hydroxyl groups excluding tert-OH is 1. The number of aliphatic hydroxyl groups is 1. The van der Waals surface area contributed by atoms with E-state index < -0.39 is 0 Å². The second-order valence-electron chi connectivity index (χ2n) is 5.41. The first-order chi connectivity index (χ1) is 6.49. The van der Waals surface area contributed by atoms with Crippen molar-refractivity contribution in [2.75, 3.05) is 19.6 Å². The Morgan fingerprint density at radius 3 is 2.43 bits per heavy atom. The Morgan fingerprint density at radius 2 is 1.93 bits per heavy atom.